The van der Waals surface area contributed by atoms with E-state index in [2.05, 4.69) is 36.3 Å². The van der Waals surface area contributed by atoms with E-state index in [0.29, 0.717) is 25.7 Å². The Morgan fingerprint density at radius 2 is 2.00 bits per heavy atom. The van der Waals surface area contributed by atoms with Crippen molar-refractivity contribution in [2.45, 2.75) is 52.4 Å². The van der Waals surface area contributed by atoms with Crippen LogP contribution < -0.4 is 0 Å². The topological polar surface area (TPSA) is 47.4 Å². The average Bonchev–Trinajstić information content (AvgIpc) is 2.91. The predicted molar refractivity (Wildman–Crippen MR) is 99.3 cm³/mol. The van der Waals surface area contributed by atoms with Gasteiger partial charge in [0.2, 0.25) is 5.91 Å². The van der Waals surface area contributed by atoms with Gasteiger partial charge < -0.3 is 9.64 Å². The van der Waals surface area contributed by atoms with Crippen molar-refractivity contribution in [2.24, 2.45) is 13.0 Å². The van der Waals surface area contributed by atoms with Crippen molar-refractivity contribution in [1.82, 2.24) is 14.7 Å². The minimum Gasteiger partial charge on any atom is -0.370 e. The molecule has 0 bridgehead atoms. The van der Waals surface area contributed by atoms with E-state index in [1.54, 1.807) is 0 Å². The molecule has 26 heavy (non-hydrogen) atoms. The van der Waals surface area contributed by atoms with Crippen molar-refractivity contribution in [3.8, 4) is 0 Å². The monoisotopic (exact) mass is 353 g/mol. The molecule has 1 fully saturated rings. The van der Waals surface area contributed by atoms with Crippen LogP contribution in [0.25, 0.3) is 0 Å². The molecule has 0 N–H and O–H groups in total. The summed E-state index contributed by atoms with van der Waals surface area (Å²) in [5, 5.41) is 4.66. The smallest absolute Gasteiger partial charge is 0.225 e. The second-order valence-corrected chi connectivity index (χ2v) is 7.61. The number of carbonyl (C=O) groups excluding carboxylic acids is 1. The lowest BCUT2D eigenvalue weighted by Crippen LogP contribution is -2.42. The first-order chi connectivity index (χ1) is 12.6. The lowest BCUT2D eigenvalue weighted by Gasteiger charge is -2.34. The Bertz CT molecular complexity index is 790. The number of carbonyl (C=O) groups is 1. The molecule has 1 aromatic carbocycles. The van der Waals surface area contributed by atoms with Gasteiger partial charge in [0.05, 0.1) is 18.9 Å². The van der Waals surface area contributed by atoms with Gasteiger partial charge in [0.1, 0.15) is 0 Å². The number of ether oxygens (including phenoxy) is 1. The summed E-state index contributed by atoms with van der Waals surface area (Å²) in [6.07, 6.45) is 4.19. The summed E-state index contributed by atoms with van der Waals surface area (Å²) in [5.74, 6) is 0.590. The quantitative estimate of drug-likeness (QED) is 0.830. The van der Waals surface area contributed by atoms with Gasteiger partial charge in [0.25, 0.3) is 0 Å². The molecule has 4 rings (SSSR count). The second kappa shape index (κ2) is 7.23. The maximum atomic E-state index is 12.6. The molecule has 1 saturated carbocycles. The zero-order valence-corrected chi connectivity index (χ0v) is 15.7. The zero-order valence-electron chi connectivity index (χ0n) is 15.7. The number of fused-ring (bicyclic) bond motifs is 1. The van der Waals surface area contributed by atoms with Gasteiger partial charge in [-0.3, -0.25) is 9.48 Å². The molecule has 0 spiro atoms. The van der Waals surface area contributed by atoms with Gasteiger partial charge in [-0.2, -0.15) is 5.10 Å². The number of hydrogen-bond donors (Lipinski definition) is 0. The van der Waals surface area contributed by atoms with E-state index in [-0.39, 0.29) is 5.92 Å². The Hall–Kier alpha value is -2.14. The average molecular weight is 353 g/mol. The van der Waals surface area contributed by atoms with Gasteiger partial charge in [-0.25, -0.2) is 0 Å². The van der Waals surface area contributed by atoms with E-state index in [4.69, 9.17) is 4.74 Å². The Morgan fingerprint density at radius 3 is 2.69 bits per heavy atom. The van der Waals surface area contributed by atoms with Gasteiger partial charge in [-0.05, 0) is 25.3 Å². The molecule has 2 aliphatic rings. The minimum atomic E-state index is 0.259. The van der Waals surface area contributed by atoms with Crippen LogP contribution in [-0.2, 0) is 42.8 Å². The highest BCUT2D eigenvalue weighted by Crippen LogP contribution is 2.31. The lowest BCUT2D eigenvalue weighted by atomic mass is 9.84. The molecular weight excluding hydrogens is 326 g/mol. The maximum Gasteiger partial charge on any atom is 0.225 e. The molecule has 2 heterocycles. The molecule has 0 unspecified atom stereocenters. The van der Waals surface area contributed by atoms with Gasteiger partial charge in [0.15, 0.2) is 0 Å². The third-order valence-corrected chi connectivity index (χ3v) is 5.72. The summed E-state index contributed by atoms with van der Waals surface area (Å²) in [6, 6.07) is 8.40. The van der Waals surface area contributed by atoms with Crippen LogP contribution in [0.3, 0.4) is 0 Å². The maximum absolute atomic E-state index is 12.6. The third kappa shape index (κ3) is 3.40. The fraction of sp³-hybridized carbons (Fsp3) is 0.524. The Kier molecular flexibility index (Phi) is 4.81. The van der Waals surface area contributed by atoms with Crippen molar-refractivity contribution >= 4 is 5.91 Å². The number of aryl methyl sites for hydroxylation is 2. The number of amides is 1. The van der Waals surface area contributed by atoms with Crippen molar-refractivity contribution in [3.05, 3.63) is 52.3 Å². The molecule has 1 aliphatic carbocycles. The molecule has 1 aliphatic heterocycles. The van der Waals surface area contributed by atoms with Crippen LogP contribution in [0.2, 0.25) is 0 Å². The van der Waals surface area contributed by atoms with Crippen LogP contribution in [0, 0.1) is 12.8 Å². The summed E-state index contributed by atoms with van der Waals surface area (Å²) >= 11 is 0. The first kappa shape index (κ1) is 17.3. The summed E-state index contributed by atoms with van der Waals surface area (Å²) in [4.78, 5) is 14.6. The molecular formula is C21H27N3O2. The summed E-state index contributed by atoms with van der Waals surface area (Å²) in [5.41, 5.74) is 5.83. The molecule has 5 nitrogen and oxygen atoms in total. The highest BCUT2D eigenvalue weighted by Gasteiger charge is 2.33. The van der Waals surface area contributed by atoms with Crippen molar-refractivity contribution in [1.29, 1.82) is 0 Å². The van der Waals surface area contributed by atoms with Crippen LogP contribution in [0.5, 0.6) is 0 Å². The highest BCUT2D eigenvalue weighted by atomic mass is 16.5. The number of aromatic nitrogens is 2. The molecule has 5 heteroatoms. The molecule has 2 aromatic rings. The van der Waals surface area contributed by atoms with Gasteiger partial charge >= 0.3 is 0 Å². The summed E-state index contributed by atoms with van der Waals surface area (Å²) < 4.78 is 7.88. The Balaban J connectivity index is 1.41. The van der Waals surface area contributed by atoms with E-state index < -0.39 is 0 Å². The molecule has 1 aromatic heterocycles. The molecule has 138 valence electrons. The van der Waals surface area contributed by atoms with Crippen LogP contribution in [0.1, 0.15) is 47.3 Å². The molecule has 0 radical (unpaired) electrons. The standard InChI is InChI=1S/C21H27N3O2/c1-15-6-8-16(9-7-15)13-26-14-19-18-12-24(21(25)17-4-3-5-17)11-10-20(18)23(2)22-19/h6-9,17H,3-5,10-14H2,1-2H3. The van der Waals surface area contributed by atoms with Crippen LogP contribution in [-0.4, -0.2) is 27.1 Å². The van der Waals surface area contributed by atoms with Gasteiger partial charge in [-0.15, -0.1) is 0 Å². The number of rotatable bonds is 5. The first-order valence-electron chi connectivity index (χ1n) is 9.57. The molecule has 0 atom stereocenters. The fourth-order valence-corrected chi connectivity index (χ4v) is 3.84. The molecule has 0 saturated heterocycles. The lowest BCUT2D eigenvalue weighted by molar-refractivity contribution is -0.139. The van der Waals surface area contributed by atoms with E-state index >= 15 is 0 Å². The summed E-state index contributed by atoms with van der Waals surface area (Å²) in [7, 11) is 1.99. The van der Waals surface area contributed by atoms with E-state index in [9.17, 15) is 4.79 Å². The normalized spacial score (nSPS) is 17.1. The minimum absolute atomic E-state index is 0.259. The number of hydrogen-bond acceptors (Lipinski definition) is 3. The number of benzene rings is 1. The van der Waals surface area contributed by atoms with Crippen LogP contribution in [0.4, 0.5) is 0 Å². The highest BCUT2D eigenvalue weighted by molar-refractivity contribution is 5.79. The van der Waals surface area contributed by atoms with Crippen molar-refractivity contribution in [2.75, 3.05) is 6.54 Å². The molecule has 1 amide bonds. The van der Waals surface area contributed by atoms with E-state index in [1.165, 1.54) is 28.8 Å². The van der Waals surface area contributed by atoms with Crippen LogP contribution in [0.15, 0.2) is 24.3 Å². The zero-order chi connectivity index (χ0) is 18.1. The SMILES string of the molecule is Cc1ccc(COCc2nn(C)c3c2CN(C(=O)C2CCC2)CC3)cc1. The third-order valence-electron chi connectivity index (χ3n) is 5.72. The Morgan fingerprint density at radius 1 is 1.23 bits per heavy atom. The van der Waals surface area contributed by atoms with Crippen molar-refractivity contribution < 1.29 is 9.53 Å². The van der Waals surface area contributed by atoms with Crippen molar-refractivity contribution in [3.63, 3.8) is 0 Å². The summed E-state index contributed by atoms with van der Waals surface area (Å²) in [6.45, 7) is 4.65. The fourth-order valence-electron chi connectivity index (χ4n) is 3.84. The van der Waals surface area contributed by atoms with E-state index in [0.717, 1.165) is 31.5 Å². The van der Waals surface area contributed by atoms with Crippen LogP contribution >= 0.6 is 0 Å². The second-order valence-electron chi connectivity index (χ2n) is 7.61. The first-order valence-corrected chi connectivity index (χ1v) is 9.57. The predicted octanol–water partition coefficient (Wildman–Crippen LogP) is 3.13. The van der Waals surface area contributed by atoms with Gasteiger partial charge in [-0.1, -0.05) is 36.2 Å². The van der Waals surface area contributed by atoms with Gasteiger partial charge in [0, 0.05) is 43.7 Å². The Labute approximate surface area is 154 Å². The number of nitrogens with zero attached hydrogens (tertiary/aromatic N) is 3. The largest absolute Gasteiger partial charge is 0.370 e. The van der Waals surface area contributed by atoms with E-state index in [1.807, 2.05) is 16.6 Å².